The molecule has 17 heteroatoms. The topological polar surface area (TPSA) is 187 Å². The van der Waals surface area contributed by atoms with Gasteiger partial charge in [-0.25, -0.2) is 19.3 Å². The molecule has 15 nitrogen and oxygen atoms in total. The van der Waals surface area contributed by atoms with Crippen molar-refractivity contribution in [2.24, 2.45) is 5.92 Å². The third-order valence-electron chi connectivity index (χ3n) is 10.8. The zero-order chi connectivity index (χ0) is 38.6. The standard InChI is InChI=1S/C38H47N6O9PS/c1-50-54(49,51-2)43-36(47)38-22-24(38)13-6-4-3-5-7-18-29(41-37(48)53-25-14-8-9-15-25)35(46)44-23-26(21-30(44)33(45)42-38)52-34-32(31-19-12-20-55-31)39-27-16-10-11-17-28(27)40-34/h6,10-13,16-17,19-20,24-26,29-30H,3-5,7-9,14-15,18,21-23H2,1-2H3,(H,41,48)(H,42,45)(H,43,47,49)/b13-6-/t24?,26-,29+,30+,38-/m1/s1. The van der Waals surface area contributed by atoms with Crippen molar-refractivity contribution in [3.8, 4) is 16.5 Å². The van der Waals surface area contributed by atoms with Crippen molar-refractivity contribution in [3.63, 3.8) is 0 Å². The number of thiophene rings is 1. The molecule has 4 amide bonds. The second-order valence-corrected chi connectivity index (χ2v) is 17.4. The summed E-state index contributed by atoms with van der Waals surface area (Å²) in [5, 5.41) is 10.0. The fourth-order valence-electron chi connectivity index (χ4n) is 7.69. The number of aromatic nitrogens is 2. The van der Waals surface area contributed by atoms with E-state index in [0.29, 0.717) is 36.0 Å². The van der Waals surface area contributed by atoms with Crippen molar-refractivity contribution in [1.82, 2.24) is 30.6 Å². The smallest absolute Gasteiger partial charge is 0.434 e. The molecule has 0 spiro atoms. The largest absolute Gasteiger partial charge is 0.471 e. The Bertz CT molecular complexity index is 1970. The van der Waals surface area contributed by atoms with Gasteiger partial charge in [0.05, 0.1) is 22.5 Å². The second kappa shape index (κ2) is 16.8. The van der Waals surface area contributed by atoms with Crippen molar-refractivity contribution in [2.75, 3.05) is 20.8 Å². The molecule has 1 aromatic carbocycles. The van der Waals surface area contributed by atoms with Crippen LogP contribution in [0.5, 0.6) is 5.88 Å². The molecule has 1 unspecified atom stereocenters. The normalized spacial score (nSPS) is 26.9. The van der Waals surface area contributed by atoms with Crippen LogP contribution >= 0.6 is 19.1 Å². The average Bonchev–Trinajstić information content (AvgIpc) is 3.68. The summed E-state index contributed by atoms with van der Waals surface area (Å²) in [7, 11) is -1.69. The van der Waals surface area contributed by atoms with Crippen molar-refractivity contribution in [1.29, 1.82) is 0 Å². The highest BCUT2D eigenvalue weighted by molar-refractivity contribution is 7.52. The number of para-hydroxylation sites is 2. The Morgan fingerprint density at radius 2 is 1.71 bits per heavy atom. The van der Waals surface area contributed by atoms with Crippen LogP contribution < -0.4 is 20.5 Å². The predicted molar refractivity (Wildman–Crippen MR) is 204 cm³/mol. The maximum absolute atomic E-state index is 14.6. The van der Waals surface area contributed by atoms with Gasteiger partial charge < -0.3 is 25.0 Å². The van der Waals surface area contributed by atoms with E-state index in [1.165, 1.54) is 16.2 Å². The first kappa shape index (κ1) is 38.9. The van der Waals surface area contributed by atoms with E-state index in [0.717, 1.165) is 57.6 Å². The van der Waals surface area contributed by atoms with Crippen LogP contribution in [0.4, 0.5) is 4.79 Å². The number of carbonyl (C=O) groups excluding carboxylic acids is 4. The Morgan fingerprint density at radius 3 is 2.44 bits per heavy atom. The molecule has 2 aliphatic heterocycles. The molecule has 1 saturated heterocycles. The lowest BCUT2D eigenvalue weighted by Gasteiger charge is -2.30. The van der Waals surface area contributed by atoms with E-state index in [9.17, 15) is 23.7 Å². The zero-order valence-electron chi connectivity index (χ0n) is 30.9. The number of hydrogen-bond donors (Lipinski definition) is 3. The number of carbonyl (C=O) groups is 4. The summed E-state index contributed by atoms with van der Waals surface area (Å²) in [6.07, 6.45) is 9.39. The zero-order valence-corrected chi connectivity index (χ0v) is 32.7. The van der Waals surface area contributed by atoms with Gasteiger partial charge in [-0.15, -0.1) is 11.3 Å². The van der Waals surface area contributed by atoms with Crippen LogP contribution in [0, 0.1) is 5.92 Å². The Morgan fingerprint density at radius 1 is 0.964 bits per heavy atom. The molecule has 4 aliphatic rings. The van der Waals surface area contributed by atoms with Crippen LogP contribution in [0.1, 0.15) is 70.6 Å². The lowest BCUT2D eigenvalue weighted by atomic mass is 10.0. The fourth-order valence-corrected chi connectivity index (χ4v) is 9.17. The van der Waals surface area contributed by atoms with E-state index in [-0.39, 0.29) is 31.4 Å². The summed E-state index contributed by atoms with van der Waals surface area (Å²) in [5.41, 5.74) is 0.378. The maximum atomic E-state index is 14.6. The van der Waals surface area contributed by atoms with E-state index in [1.807, 2.05) is 53.9 Å². The number of hydrogen-bond acceptors (Lipinski definition) is 12. The van der Waals surface area contributed by atoms with E-state index in [4.69, 9.17) is 28.5 Å². The molecule has 55 heavy (non-hydrogen) atoms. The van der Waals surface area contributed by atoms with Gasteiger partial charge >= 0.3 is 13.8 Å². The van der Waals surface area contributed by atoms with E-state index >= 15 is 0 Å². The molecular formula is C38H47N6O9PS. The quantitative estimate of drug-likeness (QED) is 0.179. The molecule has 4 heterocycles. The molecule has 3 fully saturated rings. The summed E-state index contributed by atoms with van der Waals surface area (Å²) in [6.45, 7) is -0.00373. The van der Waals surface area contributed by atoms with Crippen molar-refractivity contribution in [2.45, 2.75) is 100 Å². The monoisotopic (exact) mass is 794 g/mol. The number of benzene rings is 1. The van der Waals surface area contributed by atoms with Crippen LogP contribution in [-0.4, -0.2) is 89.3 Å². The number of alkyl carbamates (subject to hydrolysis) is 1. The summed E-state index contributed by atoms with van der Waals surface area (Å²) in [6, 6.07) is 9.21. The number of amides is 4. The minimum atomic E-state index is -4.00. The number of nitrogens with zero attached hydrogens (tertiary/aromatic N) is 3. The van der Waals surface area contributed by atoms with Gasteiger partial charge in [-0.3, -0.25) is 28.5 Å². The van der Waals surface area contributed by atoms with Gasteiger partial charge in [0.15, 0.2) is 0 Å². The van der Waals surface area contributed by atoms with Crippen LogP contribution in [0.2, 0.25) is 0 Å². The summed E-state index contributed by atoms with van der Waals surface area (Å²) in [4.78, 5) is 68.0. The molecular weight excluding hydrogens is 747 g/mol. The van der Waals surface area contributed by atoms with Crippen molar-refractivity contribution in [3.05, 3.63) is 53.9 Å². The van der Waals surface area contributed by atoms with Crippen LogP contribution in [0.15, 0.2) is 53.9 Å². The average molecular weight is 795 g/mol. The second-order valence-electron chi connectivity index (χ2n) is 14.5. The number of nitrogens with one attached hydrogen (secondary N) is 3. The number of allylic oxidation sites excluding steroid dienone is 1. The molecule has 0 bridgehead atoms. The third kappa shape index (κ3) is 8.72. The van der Waals surface area contributed by atoms with E-state index < -0.39 is 61.2 Å². The van der Waals surface area contributed by atoms with Gasteiger partial charge in [0.1, 0.15) is 35.5 Å². The Balaban J connectivity index is 1.20. The molecule has 5 atom stereocenters. The number of fused-ring (bicyclic) bond motifs is 3. The minimum absolute atomic E-state index is 0.00373. The van der Waals surface area contributed by atoms with E-state index in [2.05, 4.69) is 15.7 Å². The van der Waals surface area contributed by atoms with Crippen LogP contribution in [0.25, 0.3) is 21.6 Å². The summed E-state index contributed by atoms with van der Waals surface area (Å²) >= 11 is 1.48. The van der Waals surface area contributed by atoms with Crippen molar-refractivity contribution < 1.29 is 42.3 Å². The highest BCUT2D eigenvalue weighted by Crippen LogP contribution is 2.49. The Labute approximate surface area is 323 Å². The lowest BCUT2D eigenvalue weighted by Crippen LogP contribution is -2.57. The number of ether oxygens (including phenoxy) is 2. The van der Waals surface area contributed by atoms with Crippen LogP contribution in [0.3, 0.4) is 0 Å². The minimum Gasteiger partial charge on any atom is -0.471 e. The first-order valence-corrected chi connectivity index (χ1v) is 21.3. The Hall–Kier alpha value is -4.37. The van der Waals surface area contributed by atoms with Gasteiger partial charge in [0.25, 0.3) is 5.91 Å². The molecule has 0 radical (unpaired) electrons. The SMILES string of the molecule is COP(=O)(NC(=O)[C@@]12CC1/C=C\CCCCC[C@H](NC(=O)OC1CCCC1)C(=O)N1C[C@H](Oc3nc4ccccc4nc3-c3cccs3)C[C@H]1C(=O)N2)OC. The van der Waals surface area contributed by atoms with Crippen LogP contribution in [-0.2, 0) is 32.7 Å². The lowest BCUT2D eigenvalue weighted by molar-refractivity contribution is -0.141. The van der Waals surface area contributed by atoms with Gasteiger partial charge in [0, 0.05) is 26.6 Å². The molecule has 7 rings (SSSR count). The molecule has 294 valence electrons. The summed E-state index contributed by atoms with van der Waals surface area (Å²) in [5.74, 6) is -1.92. The first-order valence-electron chi connectivity index (χ1n) is 18.9. The van der Waals surface area contributed by atoms with E-state index in [1.54, 1.807) is 0 Å². The summed E-state index contributed by atoms with van der Waals surface area (Å²) < 4.78 is 35.2. The maximum Gasteiger partial charge on any atom is 0.434 e. The molecule has 3 aromatic rings. The van der Waals surface area contributed by atoms with Gasteiger partial charge in [-0.1, -0.05) is 43.2 Å². The first-order chi connectivity index (χ1) is 26.6. The van der Waals surface area contributed by atoms with Gasteiger partial charge in [0.2, 0.25) is 17.7 Å². The highest BCUT2D eigenvalue weighted by Gasteiger charge is 2.62. The third-order valence-corrected chi connectivity index (χ3v) is 13.1. The molecule has 2 aliphatic carbocycles. The predicted octanol–water partition coefficient (Wildman–Crippen LogP) is 5.66. The highest BCUT2D eigenvalue weighted by atomic mass is 32.1. The number of rotatable bonds is 9. The van der Waals surface area contributed by atoms with Crippen molar-refractivity contribution >= 4 is 53.9 Å². The Kier molecular flexibility index (Phi) is 11.9. The fraction of sp³-hybridized carbons (Fsp3) is 0.526. The molecule has 2 aromatic heterocycles. The molecule has 3 N–H and O–H groups in total. The van der Waals surface area contributed by atoms with Gasteiger partial charge in [-0.05, 0) is 74.9 Å². The molecule has 2 saturated carbocycles. The van der Waals surface area contributed by atoms with Gasteiger partial charge in [-0.2, -0.15) is 0 Å².